The molecular formula is C15H18N4O2. The minimum atomic E-state index is -0.153. The molecule has 0 spiro atoms. The van der Waals surface area contributed by atoms with Crippen LogP contribution >= 0.6 is 0 Å². The van der Waals surface area contributed by atoms with Crippen molar-refractivity contribution >= 4 is 0 Å². The molecule has 0 bridgehead atoms. The summed E-state index contributed by atoms with van der Waals surface area (Å²) in [5.74, 6) is 0.574. The van der Waals surface area contributed by atoms with Gasteiger partial charge in [0.1, 0.15) is 6.33 Å². The molecule has 0 aliphatic heterocycles. The van der Waals surface area contributed by atoms with Gasteiger partial charge in [-0.05, 0) is 24.8 Å². The summed E-state index contributed by atoms with van der Waals surface area (Å²) in [5, 5.41) is 0. The fourth-order valence-corrected chi connectivity index (χ4v) is 2.59. The first-order valence-electron chi connectivity index (χ1n) is 7.21. The maximum Gasteiger partial charge on any atom is 0.299 e. The first-order chi connectivity index (χ1) is 10.2. The van der Waals surface area contributed by atoms with E-state index in [0.29, 0.717) is 29.9 Å². The van der Waals surface area contributed by atoms with Gasteiger partial charge in [-0.2, -0.15) is 4.98 Å². The van der Waals surface area contributed by atoms with E-state index in [0.717, 1.165) is 0 Å². The summed E-state index contributed by atoms with van der Waals surface area (Å²) in [7, 11) is 1.67. The molecule has 3 rings (SSSR count). The molecule has 1 aliphatic carbocycles. The zero-order valence-corrected chi connectivity index (χ0v) is 12.0. The Morgan fingerprint density at radius 2 is 2.14 bits per heavy atom. The normalized spacial score (nSPS) is 15.3. The summed E-state index contributed by atoms with van der Waals surface area (Å²) < 4.78 is 7.20. The van der Waals surface area contributed by atoms with Gasteiger partial charge in [-0.15, -0.1) is 0 Å². The minimum Gasteiger partial charge on any atom is -0.464 e. The predicted molar refractivity (Wildman–Crippen MR) is 78.0 cm³/mol. The van der Waals surface area contributed by atoms with Gasteiger partial charge < -0.3 is 4.74 Å². The highest BCUT2D eigenvalue weighted by Gasteiger charge is 2.17. The van der Waals surface area contributed by atoms with E-state index in [2.05, 4.69) is 15.0 Å². The third-order valence-corrected chi connectivity index (χ3v) is 3.86. The van der Waals surface area contributed by atoms with Crippen LogP contribution in [0.1, 0.15) is 25.7 Å². The molecule has 2 heterocycles. The summed E-state index contributed by atoms with van der Waals surface area (Å²) in [5.41, 5.74) is 0.982. The van der Waals surface area contributed by atoms with Crippen LogP contribution in [0.4, 0.5) is 0 Å². The van der Waals surface area contributed by atoms with E-state index in [4.69, 9.17) is 4.74 Å². The fraction of sp³-hybridized carbons (Fsp3) is 0.467. The molecular weight excluding hydrogens is 268 g/mol. The number of rotatable bonds is 4. The number of nitrogens with zero attached hydrogens (tertiary/aromatic N) is 4. The molecule has 0 aromatic carbocycles. The highest BCUT2D eigenvalue weighted by atomic mass is 16.5. The molecule has 0 N–H and O–H groups in total. The summed E-state index contributed by atoms with van der Waals surface area (Å²) in [6.45, 7) is 0.619. The molecule has 0 amide bonds. The van der Waals surface area contributed by atoms with Crippen molar-refractivity contribution in [3.63, 3.8) is 0 Å². The zero-order valence-electron chi connectivity index (χ0n) is 12.0. The lowest BCUT2D eigenvalue weighted by Crippen LogP contribution is -2.22. The van der Waals surface area contributed by atoms with Crippen LogP contribution < -0.4 is 10.3 Å². The number of hydrogen-bond donors (Lipinski definition) is 0. The summed E-state index contributed by atoms with van der Waals surface area (Å²) in [6.07, 6.45) is 7.98. The van der Waals surface area contributed by atoms with Gasteiger partial charge in [0.05, 0.1) is 18.0 Å². The quantitative estimate of drug-likeness (QED) is 0.857. The molecule has 110 valence electrons. The second-order valence-corrected chi connectivity index (χ2v) is 5.38. The first-order valence-corrected chi connectivity index (χ1v) is 7.21. The average molecular weight is 286 g/mol. The highest BCUT2D eigenvalue weighted by Crippen LogP contribution is 2.25. The highest BCUT2D eigenvalue weighted by molar-refractivity contribution is 5.52. The van der Waals surface area contributed by atoms with Gasteiger partial charge in [-0.1, -0.05) is 12.8 Å². The maximum atomic E-state index is 12.0. The number of hydrogen-bond acceptors (Lipinski definition) is 5. The van der Waals surface area contributed by atoms with Gasteiger partial charge in [0, 0.05) is 19.3 Å². The molecule has 6 heteroatoms. The Labute approximate surface area is 122 Å². The van der Waals surface area contributed by atoms with Gasteiger partial charge in [0.15, 0.2) is 0 Å². The van der Waals surface area contributed by atoms with Crippen molar-refractivity contribution in [1.29, 1.82) is 0 Å². The van der Waals surface area contributed by atoms with Crippen molar-refractivity contribution in [2.45, 2.75) is 25.7 Å². The lowest BCUT2D eigenvalue weighted by molar-refractivity contribution is 0.224. The molecule has 0 unspecified atom stereocenters. The third-order valence-electron chi connectivity index (χ3n) is 3.86. The molecule has 2 aromatic heterocycles. The first kappa shape index (κ1) is 13.7. The molecule has 6 nitrogen and oxygen atoms in total. The van der Waals surface area contributed by atoms with Crippen LogP contribution in [0, 0.1) is 5.92 Å². The van der Waals surface area contributed by atoms with E-state index in [1.807, 2.05) is 0 Å². The Morgan fingerprint density at radius 1 is 1.33 bits per heavy atom. The topological polar surface area (TPSA) is 69.9 Å². The van der Waals surface area contributed by atoms with Crippen molar-refractivity contribution in [2.75, 3.05) is 6.61 Å². The van der Waals surface area contributed by atoms with Crippen LogP contribution in [-0.4, -0.2) is 26.1 Å². The van der Waals surface area contributed by atoms with Crippen LogP contribution in [0.2, 0.25) is 0 Å². The standard InChI is InChI=1S/C15H18N4O2/c1-19-14(20)8-13(12-6-7-16-10-17-12)18-15(19)21-9-11-4-2-3-5-11/h6-8,10-11H,2-5,9H2,1H3. The van der Waals surface area contributed by atoms with Crippen LogP contribution in [0.3, 0.4) is 0 Å². The second kappa shape index (κ2) is 6.03. The van der Waals surface area contributed by atoms with Gasteiger partial charge in [-0.3, -0.25) is 9.36 Å². The molecule has 1 fully saturated rings. The predicted octanol–water partition coefficient (Wildman–Crippen LogP) is 1.81. The summed E-state index contributed by atoms with van der Waals surface area (Å²) in [6, 6.07) is 3.54. The smallest absolute Gasteiger partial charge is 0.299 e. The minimum absolute atomic E-state index is 0.153. The average Bonchev–Trinajstić information content (AvgIpc) is 3.03. The Morgan fingerprint density at radius 3 is 2.86 bits per heavy atom. The molecule has 0 saturated heterocycles. The fourth-order valence-electron chi connectivity index (χ4n) is 2.59. The Kier molecular flexibility index (Phi) is 3.94. The maximum absolute atomic E-state index is 12.0. The van der Waals surface area contributed by atoms with E-state index >= 15 is 0 Å². The summed E-state index contributed by atoms with van der Waals surface area (Å²) in [4.78, 5) is 24.4. The molecule has 0 radical (unpaired) electrons. The van der Waals surface area contributed by atoms with Gasteiger partial charge in [0.25, 0.3) is 11.6 Å². The van der Waals surface area contributed by atoms with E-state index < -0.39 is 0 Å². The van der Waals surface area contributed by atoms with Gasteiger partial charge >= 0.3 is 0 Å². The van der Waals surface area contributed by atoms with Crippen LogP contribution in [0.25, 0.3) is 11.4 Å². The summed E-state index contributed by atoms with van der Waals surface area (Å²) >= 11 is 0. The van der Waals surface area contributed by atoms with Crippen molar-refractivity contribution < 1.29 is 4.74 Å². The third kappa shape index (κ3) is 3.09. The Bertz CT molecular complexity index is 663. The van der Waals surface area contributed by atoms with Crippen molar-refractivity contribution in [3.8, 4) is 17.4 Å². The van der Waals surface area contributed by atoms with Crippen molar-refractivity contribution in [2.24, 2.45) is 13.0 Å². The van der Waals surface area contributed by atoms with Crippen LogP contribution in [-0.2, 0) is 7.05 Å². The second-order valence-electron chi connectivity index (χ2n) is 5.38. The molecule has 0 atom stereocenters. The molecule has 2 aromatic rings. The van der Waals surface area contributed by atoms with E-state index in [1.54, 1.807) is 19.3 Å². The van der Waals surface area contributed by atoms with Gasteiger partial charge in [0.2, 0.25) is 0 Å². The van der Waals surface area contributed by atoms with E-state index in [9.17, 15) is 4.79 Å². The lowest BCUT2D eigenvalue weighted by Gasteiger charge is -2.13. The SMILES string of the molecule is Cn1c(OCC2CCCC2)nc(-c2ccncn2)cc1=O. The van der Waals surface area contributed by atoms with Crippen LogP contribution in [0.5, 0.6) is 6.01 Å². The molecule has 1 saturated carbocycles. The Balaban J connectivity index is 1.85. The van der Waals surface area contributed by atoms with E-state index in [-0.39, 0.29) is 5.56 Å². The monoisotopic (exact) mass is 286 g/mol. The van der Waals surface area contributed by atoms with Crippen molar-refractivity contribution in [3.05, 3.63) is 35.0 Å². The largest absolute Gasteiger partial charge is 0.464 e. The van der Waals surface area contributed by atoms with Gasteiger partial charge in [-0.25, -0.2) is 9.97 Å². The number of ether oxygens (including phenoxy) is 1. The Hall–Kier alpha value is -2.24. The number of aromatic nitrogens is 4. The lowest BCUT2D eigenvalue weighted by atomic mass is 10.1. The van der Waals surface area contributed by atoms with Crippen molar-refractivity contribution in [1.82, 2.24) is 19.5 Å². The van der Waals surface area contributed by atoms with Crippen LogP contribution in [0.15, 0.2) is 29.5 Å². The molecule has 1 aliphatic rings. The van der Waals surface area contributed by atoms with E-state index in [1.165, 1.54) is 42.6 Å². The zero-order chi connectivity index (χ0) is 14.7. The molecule has 21 heavy (non-hydrogen) atoms.